The van der Waals surface area contributed by atoms with Crippen molar-refractivity contribution in [2.45, 2.75) is 77.0 Å². The van der Waals surface area contributed by atoms with Crippen molar-refractivity contribution in [3.05, 3.63) is 94.1 Å². The van der Waals surface area contributed by atoms with Gasteiger partial charge in [0.05, 0.1) is 33.9 Å². The summed E-state index contributed by atoms with van der Waals surface area (Å²) in [5, 5.41) is 38.2. The molecule has 0 aliphatic carbocycles. The van der Waals surface area contributed by atoms with Gasteiger partial charge in [0.15, 0.2) is 11.6 Å². The number of aromatic nitrogens is 4. The molecule has 2 aromatic carbocycles. The quantitative estimate of drug-likeness (QED) is 0.123. The van der Waals surface area contributed by atoms with Crippen LogP contribution in [-0.2, 0) is 14.4 Å². The molecule has 14 nitrogen and oxygen atoms in total. The zero-order valence-corrected chi connectivity index (χ0v) is 36.7. The van der Waals surface area contributed by atoms with Gasteiger partial charge in [0.2, 0.25) is 17.7 Å². The summed E-state index contributed by atoms with van der Waals surface area (Å²) in [6.45, 7) is 10.4. The van der Waals surface area contributed by atoms with Crippen LogP contribution in [-0.4, -0.2) is 103 Å². The minimum atomic E-state index is -0.829. The van der Waals surface area contributed by atoms with Crippen LogP contribution >= 0.6 is 22.7 Å². The highest BCUT2D eigenvalue weighted by Crippen LogP contribution is 2.39. The first-order valence-electron chi connectivity index (χ1n) is 21.3. The van der Waals surface area contributed by atoms with E-state index in [0.29, 0.717) is 61.9 Å². The number of thiazole rings is 1. The number of amides is 3. The van der Waals surface area contributed by atoms with Crippen LogP contribution in [0, 0.1) is 18.8 Å². The van der Waals surface area contributed by atoms with Crippen LogP contribution in [0.5, 0.6) is 5.75 Å². The number of rotatable bonds is 11. The Bertz CT molecular complexity index is 2590. The van der Waals surface area contributed by atoms with E-state index in [-0.39, 0.29) is 60.2 Å². The van der Waals surface area contributed by atoms with E-state index in [2.05, 4.69) is 36.6 Å². The zero-order valence-electron chi connectivity index (χ0n) is 35.1. The second-order valence-electron chi connectivity index (χ2n) is 17.2. The lowest BCUT2D eigenvalue weighted by Crippen LogP contribution is -2.52. The standard InChI is InChI=1S/C46H50N8O6S2/c1-25(2)41(46(59)54-23-33(55)19-36(54)43(57)48-26(3)28-9-11-29(12-10-28)42-27(4)47-24-61-42)38-20-40(51-60-38)52-15-13-30(14-16-52)45(58)53-21-32(22-53)39-18-31-17-35(49-50-44(31)62-39)34-7-5-6-8-37(34)56/h5-12,17-18,20,24-26,30,32-33,36,41,55-56H,13-16,19,21-23H2,1-4H3,(H,48,57)/t26-,33+,36-,41-/m0/s1. The molecule has 3 aliphatic heterocycles. The molecule has 4 aromatic heterocycles. The molecule has 9 rings (SSSR count). The normalized spacial score (nSPS) is 19.5. The maximum atomic E-state index is 14.3. The molecule has 4 atom stereocenters. The van der Waals surface area contributed by atoms with Gasteiger partial charge in [-0.25, -0.2) is 4.98 Å². The van der Waals surface area contributed by atoms with Crippen LogP contribution in [0.15, 0.2) is 76.8 Å². The van der Waals surface area contributed by atoms with E-state index in [1.165, 1.54) is 9.78 Å². The number of hydrogen-bond donors (Lipinski definition) is 3. The van der Waals surface area contributed by atoms with Crippen molar-refractivity contribution in [1.82, 2.24) is 35.5 Å². The summed E-state index contributed by atoms with van der Waals surface area (Å²) in [6.07, 6.45) is 0.681. The summed E-state index contributed by atoms with van der Waals surface area (Å²) < 4.78 is 5.86. The van der Waals surface area contributed by atoms with Crippen molar-refractivity contribution in [2.24, 2.45) is 11.8 Å². The predicted octanol–water partition coefficient (Wildman–Crippen LogP) is 6.91. The maximum Gasteiger partial charge on any atom is 0.243 e. The van der Waals surface area contributed by atoms with Crippen LogP contribution in [0.3, 0.4) is 0 Å². The molecule has 62 heavy (non-hydrogen) atoms. The monoisotopic (exact) mass is 874 g/mol. The number of carbonyl (C=O) groups is 3. The Hall–Kier alpha value is -5.71. The molecule has 6 aromatic rings. The van der Waals surface area contributed by atoms with Crippen molar-refractivity contribution in [3.63, 3.8) is 0 Å². The van der Waals surface area contributed by atoms with Crippen LogP contribution in [0.1, 0.15) is 79.8 Å². The topological polar surface area (TPSA) is 178 Å². The number of phenolic OH excluding ortho intramolecular Hbond substituents is 1. The first kappa shape index (κ1) is 41.6. The maximum absolute atomic E-state index is 14.3. The molecule has 3 N–H and O–H groups in total. The largest absolute Gasteiger partial charge is 0.507 e. The fourth-order valence-corrected chi connectivity index (χ4v) is 10.9. The van der Waals surface area contributed by atoms with Crippen molar-refractivity contribution >= 4 is 56.4 Å². The van der Waals surface area contributed by atoms with Gasteiger partial charge in [0.1, 0.15) is 22.5 Å². The Morgan fingerprint density at radius 3 is 2.42 bits per heavy atom. The summed E-state index contributed by atoms with van der Waals surface area (Å²) in [6, 6.07) is 19.9. The second-order valence-corrected chi connectivity index (χ2v) is 19.1. The van der Waals surface area contributed by atoms with Gasteiger partial charge >= 0.3 is 0 Å². The number of piperidine rings is 1. The SMILES string of the molecule is Cc1ncsc1-c1ccc([C@H](C)NC(=O)[C@@H]2C[C@@H](O)CN2C(=O)[C@H](c2cc(N3CCC(C(=O)N4CC(c5cc6cc(-c7ccccc7O)nnc6s5)C4)CC3)no2)C(C)C)cc1. The number of benzene rings is 2. The van der Waals surface area contributed by atoms with E-state index in [0.717, 1.165) is 31.9 Å². The number of aryl methyl sites for hydroxylation is 1. The average Bonchev–Trinajstić information content (AvgIpc) is 4.07. The molecule has 16 heteroatoms. The van der Waals surface area contributed by atoms with E-state index in [1.54, 1.807) is 34.8 Å². The van der Waals surface area contributed by atoms with Gasteiger partial charge in [-0.2, -0.15) is 0 Å². The molecule has 3 aliphatic rings. The summed E-state index contributed by atoms with van der Waals surface area (Å²) in [5.74, 6) is 0.0609. The van der Waals surface area contributed by atoms with Gasteiger partial charge in [-0.1, -0.05) is 55.4 Å². The smallest absolute Gasteiger partial charge is 0.243 e. The number of nitrogens with zero attached hydrogens (tertiary/aromatic N) is 7. The molecule has 3 amide bonds. The summed E-state index contributed by atoms with van der Waals surface area (Å²) in [4.78, 5) is 54.7. The number of aliphatic hydroxyl groups is 1. The zero-order chi connectivity index (χ0) is 43.2. The number of hydrogen-bond acceptors (Lipinski definition) is 13. The van der Waals surface area contributed by atoms with E-state index in [4.69, 9.17) is 4.52 Å². The summed E-state index contributed by atoms with van der Waals surface area (Å²) in [5.41, 5.74) is 6.07. The van der Waals surface area contributed by atoms with Gasteiger partial charge in [-0.3, -0.25) is 14.4 Å². The van der Waals surface area contributed by atoms with E-state index in [1.807, 2.05) is 86.6 Å². The predicted molar refractivity (Wildman–Crippen MR) is 238 cm³/mol. The Morgan fingerprint density at radius 2 is 1.71 bits per heavy atom. The third-order valence-electron chi connectivity index (χ3n) is 12.6. The third-order valence-corrected chi connectivity index (χ3v) is 14.8. The van der Waals surface area contributed by atoms with Crippen LogP contribution < -0.4 is 10.2 Å². The molecule has 0 saturated carbocycles. The third kappa shape index (κ3) is 8.18. The number of anilines is 1. The number of aliphatic hydroxyl groups excluding tert-OH is 1. The number of para-hydroxylation sites is 1. The number of aromatic hydroxyl groups is 1. The number of nitrogens with one attached hydrogen (secondary N) is 1. The van der Waals surface area contributed by atoms with Crippen LogP contribution in [0.2, 0.25) is 0 Å². The fraction of sp³-hybridized carbons (Fsp3) is 0.413. The molecular formula is C46H50N8O6S2. The highest BCUT2D eigenvalue weighted by Gasteiger charge is 2.44. The summed E-state index contributed by atoms with van der Waals surface area (Å²) in [7, 11) is 0. The molecule has 3 fully saturated rings. The van der Waals surface area contributed by atoms with Gasteiger partial charge in [-0.15, -0.1) is 32.9 Å². The number of likely N-dealkylation sites (tertiary alicyclic amines) is 2. The molecule has 322 valence electrons. The fourth-order valence-electron chi connectivity index (χ4n) is 9.04. The lowest BCUT2D eigenvalue weighted by Gasteiger charge is -2.42. The highest BCUT2D eigenvalue weighted by atomic mass is 32.1. The van der Waals surface area contributed by atoms with Gasteiger partial charge in [0.25, 0.3) is 0 Å². The molecule has 0 spiro atoms. The molecule has 3 saturated heterocycles. The number of phenols is 1. The molecular weight excluding hydrogens is 825 g/mol. The minimum absolute atomic E-state index is 0.0538. The number of carbonyl (C=O) groups excluding carboxylic acids is 3. The Balaban J connectivity index is 0.784. The minimum Gasteiger partial charge on any atom is -0.507 e. The first-order chi connectivity index (χ1) is 29.9. The highest BCUT2D eigenvalue weighted by molar-refractivity contribution is 7.18. The summed E-state index contributed by atoms with van der Waals surface area (Å²) >= 11 is 3.19. The molecule has 0 unspecified atom stereocenters. The molecule has 7 heterocycles. The van der Waals surface area contributed by atoms with Crippen molar-refractivity contribution in [2.75, 3.05) is 37.6 Å². The Labute approximate surface area is 367 Å². The van der Waals surface area contributed by atoms with E-state index >= 15 is 0 Å². The van der Waals surface area contributed by atoms with Gasteiger partial charge in [-0.05, 0) is 68.0 Å². The number of β-amino-alcohol motifs (C(OH)–C–C–N with tert-alkyl or cyclic N) is 1. The van der Waals surface area contributed by atoms with E-state index < -0.39 is 18.1 Å². The first-order valence-corrected chi connectivity index (χ1v) is 23.0. The van der Waals surface area contributed by atoms with Crippen molar-refractivity contribution in [1.29, 1.82) is 0 Å². The van der Waals surface area contributed by atoms with E-state index in [9.17, 15) is 24.6 Å². The number of fused-ring (bicyclic) bond motifs is 1. The van der Waals surface area contributed by atoms with Crippen molar-refractivity contribution in [3.8, 4) is 27.4 Å². The van der Waals surface area contributed by atoms with Gasteiger partial charge in [0, 0.05) is 72.9 Å². The van der Waals surface area contributed by atoms with Gasteiger partial charge < -0.3 is 34.8 Å². The van der Waals surface area contributed by atoms with Crippen LogP contribution in [0.25, 0.3) is 31.9 Å². The Morgan fingerprint density at radius 1 is 0.952 bits per heavy atom. The second kappa shape index (κ2) is 17.2. The number of thiophene rings is 1. The van der Waals surface area contributed by atoms with Crippen molar-refractivity contribution < 1.29 is 29.1 Å². The lowest BCUT2D eigenvalue weighted by atomic mass is 9.90. The Kier molecular flexibility index (Phi) is 11.6. The molecule has 0 radical (unpaired) electrons. The van der Waals surface area contributed by atoms with Crippen LogP contribution in [0.4, 0.5) is 5.82 Å². The average molecular weight is 875 g/mol. The molecule has 0 bridgehead atoms. The lowest BCUT2D eigenvalue weighted by molar-refractivity contribution is -0.141.